The summed E-state index contributed by atoms with van der Waals surface area (Å²) >= 11 is 0. The normalized spacial score (nSPS) is 32.0. The van der Waals surface area contributed by atoms with E-state index in [4.69, 9.17) is 4.74 Å². The van der Waals surface area contributed by atoms with Gasteiger partial charge in [0.15, 0.2) is 5.41 Å². The van der Waals surface area contributed by atoms with Crippen molar-refractivity contribution in [3.05, 3.63) is 0 Å². The number of fused-ring (bicyclic) bond motifs is 2. The molecule has 0 N–H and O–H groups in total. The van der Waals surface area contributed by atoms with Crippen LogP contribution < -0.4 is 0 Å². The molecule has 2 aliphatic carbocycles. The van der Waals surface area contributed by atoms with Crippen LogP contribution in [0.25, 0.3) is 0 Å². The number of alkyl halides is 3. The summed E-state index contributed by atoms with van der Waals surface area (Å²) in [5.74, 6) is 0.217. The Morgan fingerprint density at radius 2 is 1.76 bits per heavy atom. The third kappa shape index (κ3) is 2.80. The molecule has 0 heterocycles. The minimum atomic E-state index is -4.58. The monoisotopic (exact) mass is 306 g/mol. The second-order valence-electron chi connectivity index (χ2n) is 7.46. The fourth-order valence-electron chi connectivity index (χ4n) is 3.98. The van der Waals surface area contributed by atoms with E-state index in [1.807, 2.05) is 0 Å². The van der Waals surface area contributed by atoms with Gasteiger partial charge in [0, 0.05) is 5.92 Å². The van der Waals surface area contributed by atoms with Crippen molar-refractivity contribution in [3.8, 4) is 0 Å². The SMILES string of the molecule is CCC(C)(C(=O)OC(C)(C)C1CC2CCC1C2)C(F)(F)F. The Hall–Kier alpha value is -0.740. The smallest absolute Gasteiger partial charge is 0.404 e. The summed E-state index contributed by atoms with van der Waals surface area (Å²) in [7, 11) is 0. The maximum atomic E-state index is 13.2. The van der Waals surface area contributed by atoms with Crippen LogP contribution in [0.1, 0.15) is 59.8 Å². The molecule has 0 radical (unpaired) electrons. The Labute approximate surface area is 124 Å². The van der Waals surface area contributed by atoms with E-state index >= 15 is 0 Å². The summed E-state index contributed by atoms with van der Waals surface area (Å²) in [4.78, 5) is 12.2. The molecule has 4 unspecified atom stereocenters. The van der Waals surface area contributed by atoms with Gasteiger partial charge in [-0.1, -0.05) is 13.3 Å². The summed E-state index contributed by atoms with van der Waals surface area (Å²) in [6.45, 7) is 5.84. The van der Waals surface area contributed by atoms with Gasteiger partial charge in [-0.25, -0.2) is 0 Å². The zero-order chi connectivity index (χ0) is 16.1. The highest BCUT2D eigenvalue weighted by atomic mass is 19.4. The molecule has 0 saturated heterocycles. The third-order valence-electron chi connectivity index (χ3n) is 5.77. The molecule has 0 aromatic carbocycles. The summed E-state index contributed by atoms with van der Waals surface area (Å²) in [6.07, 6.45) is -0.456. The fourth-order valence-corrected chi connectivity index (χ4v) is 3.98. The van der Waals surface area contributed by atoms with Gasteiger partial charge in [0.25, 0.3) is 0 Å². The van der Waals surface area contributed by atoms with Crippen LogP contribution in [0, 0.1) is 23.2 Å². The number of hydrogen-bond acceptors (Lipinski definition) is 2. The van der Waals surface area contributed by atoms with Crippen LogP contribution >= 0.6 is 0 Å². The first-order valence-corrected chi connectivity index (χ1v) is 7.81. The summed E-state index contributed by atoms with van der Waals surface area (Å²) in [5.41, 5.74) is -3.24. The van der Waals surface area contributed by atoms with Crippen LogP contribution in [0.5, 0.6) is 0 Å². The molecule has 2 bridgehead atoms. The van der Waals surface area contributed by atoms with Gasteiger partial charge in [-0.15, -0.1) is 0 Å². The van der Waals surface area contributed by atoms with Crippen LogP contribution in [0.15, 0.2) is 0 Å². The first-order chi connectivity index (χ1) is 9.51. The summed E-state index contributed by atoms with van der Waals surface area (Å²) in [5, 5.41) is 0. The molecule has 0 aromatic heterocycles. The maximum absolute atomic E-state index is 13.2. The lowest BCUT2D eigenvalue weighted by molar-refractivity contribution is -0.239. The van der Waals surface area contributed by atoms with Crippen molar-refractivity contribution in [2.24, 2.45) is 23.2 Å². The van der Waals surface area contributed by atoms with Crippen molar-refractivity contribution >= 4 is 5.97 Å². The first-order valence-electron chi connectivity index (χ1n) is 7.81. The van der Waals surface area contributed by atoms with Gasteiger partial charge in [-0.05, 0) is 58.3 Å². The number of hydrogen-bond donors (Lipinski definition) is 0. The molecule has 2 rings (SSSR count). The van der Waals surface area contributed by atoms with Gasteiger partial charge >= 0.3 is 12.1 Å². The van der Waals surface area contributed by atoms with Gasteiger partial charge in [0.05, 0.1) is 0 Å². The van der Waals surface area contributed by atoms with Gasteiger partial charge < -0.3 is 4.74 Å². The van der Waals surface area contributed by atoms with E-state index in [1.54, 1.807) is 13.8 Å². The van der Waals surface area contributed by atoms with Crippen LogP contribution in [0.3, 0.4) is 0 Å². The number of esters is 1. The highest BCUT2D eigenvalue weighted by Gasteiger charge is 2.58. The predicted molar refractivity (Wildman–Crippen MR) is 73.6 cm³/mol. The van der Waals surface area contributed by atoms with E-state index < -0.39 is 23.2 Å². The van der Waals surface area contributed by atoms with Crippen molar-refractivity contribution in [2.45, 2.75) is 71.6 Å². The molecule has 2 nitrogen and oxygen atoms in total. The number of halogens is 3. The Morgan fingerprint density at radius 3 is 2.14 bits per heavy atom. The zero-order valence-electron chi connectivity index (χ0n) is 13.2. The molecule has 0 spiro atoms. The number of carbonyl (C=O) groups excluding carboxylic acids is 1. The largest absolute Gasteiger partial charge is 0.459 e. The highest BCUT2D eigenvalue weighted by Crippen LogP contribution is 2.53. The molecule has 2 aliphatic rings. The van der Waals surface area contributed by atoms with Gasteiger partial charge in [-0.3, -0.25) is 4.79 Å². The molecule has 5 heteroatoms. The van der Waals surface area contributed by atoms with Crippen molar-refractivity contribution < 1.29 is 22.7 Å². The van der Waals surface area contributed by atoms with E-state index in [2.05, 4.69) is 0 Å². The van der Waals surface area contributed by atoms with Gasteiger partial charge in [0.2, 0.25) is 0 Å². The van der Waals surface area contributed by atoms with E-state index in [9.17, 15) is 18.0 Å². The van der Waals surface area contributed by atoms with Crippen molar-refractivity contribution in [2.75, 3.05) is 0 Å². The lowest BCUT2D eigenvalue weighted by Gasteiger charge is -2.39. The summed E-state index contributed by atoms with van der Waals surface area (Å²) in [6, 6.07) is 0. The lowest BCUT2D eigenvalue weighted by atomic mass is 9.77. The minimum Gasteiger partial charge on any atom is -0.459 e. The highest BCUT2D eigenvalue weighted by molar-refractivity contribution is 5.77. The average molecular weight is 306 g/mol. The molecule has 0 amide bonds. The van der Waals surface area contributed by atoms with Crippen molar-refractivity contribution in [1.29, 1.82) is 0 Å². The number of rotatable bonds is 4. The van der Waals surface area contributed by atoms with E-state index in [1.165, 1.54) is 13.3 Å². The van der Waals surface area contributed by atoms with Crippen LogP contribution in [0.2, 0.25) is 0 Å². The molecule has 2 saturated carbocycles. The number of carbonyl (C=O) groups is 1. The predicted octanol–water partition coefficient (Wildman–Crippen LogP) is 4.72. The van der Waals surface area contributed by atoms with Crippen LogP contribution in [-0.2, 0) is 9.53 Å². The fraction of sp³-hybridized carbons (Fsp3) is 0.938. The topological polar surface area (TPSA) is 26.3 Å². The van der Waals surface area contributed by atoms with Crippen molar-refractivity contribution in [1.82, 2.24) is 0 Å². The van der Waals surface area contributed by atoms with Crippen LogP contribution in [-0.4, -0.2) is 17.7 Å². The van der Waals surface area contributed by atoms with Crippen molar-refractivity contribution in [3.63, 3.8) is 0 Å². The van der Waals surface area contributed by atoms with E-state index in [-0.39, 0.29) is 12.3 Å². The number of ether oxygens (including phenoxy) is 1. The molecule has 4 atom stereocenters. The zero-order valence-corrected chi connectivity index (χ0v) is 13.2. The second kappa shape index (κ2) is 5.17. The molecule has 0 aromatic rings. The molecular formula is C16H25F3O2. The molecule has 21 heavy (non-hydrogen) atoms. The quantitative estimate of drug-likeness (QED) is 0.702. The third-order valence-corrected chi connectivity index (χ3v) is 5.77. The van der Waals surface area contributed by atoms with Gasteiger partial charge in [0.1, 0.15) is 5.60 Å². The summed E-state index contributed by atoms with van der Waals surface area (Å²) < 4.78 is 44.9. The minimum absolute atomic E-state index is 0.189. The van der Waals surface area contributed by atoms with Gasteiger partial charge in [-0.2, -0.15) is 13.2 Å². The van der Waals surface area contributed by atoms with E-state index in [0.717, 1.165) is 26.2 Å². The van der Waals surface area contributed by atoms with Crippen LogP contribution in [0.4, 0.5) is 13.2 Å². The second-order valence-corrected chi connectivity index (χ2v) is 7.46. The van der Waals surface area contributed by atoms with E-state index in [0.29, 0.717) is 11.8 Å². The Bertz CT molecular complexity index is 416. The Kier molecular flexibility index (Phi) is 4.09. The first kappa shape index (κ1) is 16.6. The average Bonchev–Trinajstić information content (AvgIpc) is 2.98. The Balaban J connectivity index is 2.11. The Morgan fingerprint density at radius 1 is 1.14 bits per heavy atom. The molecule has 2 fully saturated rings. The standard InChI is InChI=1S/C16H25F3O2/c1-5-15(4,16(17,18)19)13(20)21-14(2,3)12-9-10-6-7-11(12)8-10/h10-12H,5-9H2,1-4H3. The lowest BCUT2D eigenvalue weighted by Crippen LogP contribution is -2.48. The molecular weight excluding hydrogens is 281 g/mol. The maximum Gasteiger partial charge on any atom is 0.404 e. The molecule has 122 valence electrons. The molecule has 0 aliphatic heterocycles.